The molecule has 0 unspecified atom stereocenters. The van der Waals surface area contributed by atoms with Crippen LogP contribution in [0.4, 0.5) is 0 Å². The topological polar surface area (TPSA) is 41.6 Å². The minimum Gasteiger partial charge on any atom is -0.366 e. The van der Waals surface area contributed by atoms with E-state index in [9.17, 15) is 4.79 Å². The highest BCUT2D eigenvalue weighted by atomic mass is 16.5. The van der Waals surface area contributed by atoms with E-state index in [1.165, 1.54) is 0 Å². The van der Waals surface area contributed by atoms with Gasteiger partial charge >= 0.3 is 0 Å². The van der Waals surface area contributed by atoms with E-state index in [4.69, 9.17) is 4.74 Å². The van der Waals surface area contributed by atoms with E-state index in [0.717, 1.165) is 25.9 Å². The van der Waals surface area contributed by atoms with Gasteiger partial charge in [-0.15, -0.1) is 0 Å². The van der Waals surface area contributed by atoms with E-state index in [2.05, 4.69) is 5.32 Å². The third kappa shape index (κ3) is 4.49. The van der Waals surface area contributed by atoms with Crippen LogP contribution in [0, 0.1) is 0 Å². The van der Waals surface area contributed by atoms with Gasteiger partial charge in [0.25, 0.3) is 0 Å². The van der Waals surface area contributed by atoms with Gasteiger partial charge in [0, 0.05) is 19.1 Å². The van der Waals surface area contributed by atoms with Crippen molar-refractivity contribution in [2.75, 3.05) is 26.7 Å². The molecular weight excluding hydrogens is 204 g/mol. The van der Waals surface area contributed by atoms with E-state index < -0.39 is 0 Å². The van der Waals surface area contributed by atoms with Crippen molar-refractivity contribution < 1.29 is 9.53 Å². The van der Waals surface area contributed by atoms with Crippen LogP contribution in [0.15, 0.2) is 0 Å². The van der Waals surface area contributed by atoms with Crippen molar-refractivity contribution in [3.8, 4) is 0 Å². The summed E-state index contributed by atoms with van der Waals surface area (Å²) >= 11 is 0. The van der Waals surface area contributed by atoms with Crippen molar-refractivity contribution in [3.05, 3.63) is 0 Å². The van der Waals surface area contributed by atoms with Crippen molar-refractivity contribution >= 4 is 5.91 Å². The van der Waals surface area contributed by atoms with Gasteiger partial charge in [-0.1, -0.05) is 0 Å². The summed E-state index contributed by atoms with van der Waals surface area (Å²) in [6.07, 6.45) is 2.08. The predicted molar refractivity (Wildman–Crippen MR) is 64.4 cm³/mol. The molecule has 0 aromatic rings. The lowest BCUT2D eigenvalue weighted by atomic mass is 10.1. The van der Waals surface area contributed by atoms with Gasteiger partial charge in [0.1, 0.15) is 6.61 Å². The molecular formula is C12H24N2O2. The maximum absolute atomic E-state index is 11.8. The summed E-state index contributed by atoms with van der Waals surface area (Å²) in [5.41, 5.74) is -0.237. The number of nitrogens with one attached hydrogen (secondary N) is 1. The number of nitrogens with zero attached hydrogens (tertiary/aromatic N) is 1. The zero-order valence-corrected chi connectivity index (χ0v) is 10.9. The fourth-order valence-electron chi connectivity index (χ4n) is 1.79. The number of hydrogen-bond acceptors (Lipinski definition) is 3. The molecule has 94 valence electrons. The lowest BCUT2D eigenvalue weighted by molar-refractivity contribution is -0.142. The van der Waals surface area contributed by atoms with Crippen molar-refractivity contribution in [3.63, 3.8) is 0 Å². The highest BCUT2D eigenvalue weighted by Gasteiger charge is 2.23. The van der Waals surface area contributed by atoms with Crippen LogP contribution in [0.5, 0.6) is 0 Å². The smallest absolute Gasteiger partial charge is 0.248 e. The second kappa shape index (κ2) is 5.64. The average molecular weight is 228 g/mol. The summed E-state index contributed by atoms with van der Waals surface area (Å²) in [5, 5.41) is 3.25. The van der Waals surface area contributed by atoms with E-state index in [1.807, 2.05) is 32.7 Å². The first-order valence-corrected chi connectivity index (χ1v) is 6.01. The molecule has 0 atom stereocenters. The van der Waals surface area contributed by atoms with Gasteiger partial charge < -0.3 is 15.0 Å². The van der Waals surface area contributed by atoms with Crippen LogP contribution >= 0.6 is 0 Å². The Morgan fingerprint density at radius 1 is 1.38 bits per heavy atom. The molecule has 0 radical (unpaired) electrons. The minimum absolute atomic E-state index is 0.115. The number of rotatable bonds is 3. The standard InChI is InChI=1S/C12H24N2O2/c1-12(2,3)16-9-11(15)14-7-5-10(13-4)6-8-14/h10,13H,5-9H2,1-4H3. The molecule has 0 spiro atoms. The maximum Gasteiger partial charge on any atom is 0.248 e. The first kappa shape index (κ1) is 13.5. The van der Waals surface area contributed by atoms with Gasteiger partial charge in [0.15, 0.2) is 0 Å². The summed E-state index contributed by atoms with van der Waals surface area (Å²) in [7, 11) is 1.98. The Labute approximate surface area is 98.3 Å². The number of ether oxygens (including phenoxy) is 1. The first-order chi connectivity index (χ1) is 7.42. The van der Waals surface area contributed by atoms with Gasteiger partial charge in [-0.05, 0) is 40.7 Å². The van der Waals surface area contributed by atoms with E-state index in [-0.39, 0.29) is 18.1 Å². The average Bonchev–Trinajstić information content (AvgIpc) is 2.25. The third-order valence-corrected chi connectivity index (χ3v) is 2.88. The number of hydrogen-bond donors (Lipinski definition) is 1. The predicted octanol–water partition coefficient (Wildman–Crippen LogP) is 1.01. The molecule has 1 heterocycles. The van der Waals surface area contributed by atoms with Crippen LogP contribution in [-0.2, 0) is 9.53 Å². The van der Waals surface area contributed by atoms with Crippen LogP contribution in [0.1, 0.15) is 33.6 Å². The molecule has 4 heteroatoms. The quantitative estimate of drug-likeness (QED) is 0.784. The number of likely N-dealkylation sites (tertiary alicyclic amines) is 1. The molecule has 0 aromatic carbocycles. The van der Waals surface area contributed by atoms with Crippen molar-refractivity contribution in [2.24, 2.45) is 0 Å². The minimum atomic E-state index is -0.237. The summed E-state index contributed by atoms with van der Waals surface area (Å²) in [6.45, 7) is 7.79. The third-order valence-electron chi connectivity index (χ3n) is 2.88. The zero-order valence-electron chi connectivity index (χ0n) is 10.9. The monoisotopic (exact) mass is 228 g/mol. The van der Waals surface area contributed by atoms with Crippen LogP contribution in [-0.4, -0.2) is 49.2 Å². The van der Waals surface area contributed by atoms with Gasteiger partial charge in [0.2, 0.25) is 5.91 Å². The highest BCUT2D eigenvalue weighted by molar-refractivity contribution is 5.77. The Bertz CT molecular complexity index is 228. The maximum atomic E-state index is 11.8. The Morgan fingerprint density at radius 2 is 1.94 bits per heavy atom. The molecule has 1 rings (SSSR count). The molecule has 4 nitrogen and oxygen atoms in total. The fraction of sp³-hybridized carbons (Fsp3) is 0.917. The molecule has 1 saturated heterocycles. The second-order valence-electron chi connectivity index (χ2n) is 5.34. The molecule has 0 bridgehead atoms. The van der Waals surface area contributed by atoms with Gasteiger partial charge in [-0.25, -0.2) is 0 Å². The van der Waals surface area contributed by atoms with E-state index in [1.54, 1.807) is 0 Å². The van der Waals surface area contributed by atoms with E-state index in [0.29, 0.717) is 6.04 Å². The molecule has 1 N–H and O–H groups in total. The molecule has 1 aliphatic rings. The van der Waals surface area contributed by atoms with Crippen molar-refractivity contribution in [2.45, 2.75) is 45.3 Å². The molecule has 0 aliphatic carbocycles. The summed E-state index contributed by atoms with van der Waals surface area (Å²) < 4.78 is 5.49. The zero-order chi connectivity index (χ0) is 12.2. The lowest BCUT2D eigenvalue weighted by Crippen LogP contribution is -2.45. The van der Waals surface area contributed by atoms with Gasteiger partial charge in [0.05, 0.1) is 5.60 Å². The molecule has 1 amide bonds. The van der Waals surface area contributed by atoms with Crippen LogP contribution in [0.25, 0.3) is 0 Å². The normalized spacial score (nSPS) is 18.9. The largest absolute Gasteiger partial charge is 0.366 e. The molecule has 0 saturated carbocycles. The van der Waals surface area contributed by atoms with Gasteiger partial charge in [-0.2, -0.15) is 0 Å². The van der Waals surface area contributed by atoms with Crippen molar-refractivity contribution in [1.29, 1.82) is 0 Å². The number of amides is 1. The number of carbonyl (C=O) groups excluding carboxylic acids is 1. The molecule has 0 aromatic heterocycles. The van der Waals surface area contributed by atoms with Crippen LogP contribution in [0.2, 0.25) is 0 Å². The lowest BCUT2D eigenvalue weighted by Gasteiger charge is -2.32. The number of piperidine rings is 1. The first-order valence-electron chi connectivity index (χ1n) is 6.01. The Kier molecular flexibility index (Phi) is 4.74. The summed E-state index contributed by atoms with van der Waals surface area (Å²) in [4.78, 5) is 13.7. The highest BCUT2D eigenvalue weighted by Crippen LogP contribution is 2.12. The fourth-order valence-corrected chi connectivity index (χ4v) is 1.79. The molecule has 16 heavy (non-hydrogen) atoms. The van der Waals surface area contributed by atoms with Crippen LogP contribution in [0.3, 0.4) is 0 Å². The molecule has 1 aliphatic heterocycles. The second-order valence-corrected chi connectivity index (χ2v) is 5.34. The van der Waals surface area contributed by atoms with Gasteiger partial charge in [-0.3, -0.25) is 4.79 Å². The Balaban J connectivity index is 2.28. The summed E-state index contributed by atoms with van der Waals surface area (Å²) in [6, 6.07) is 0.563. The van der Waals surface area contributed by atoms with E-state index >= 15 is 0 Å². The Hall–Kier alpha value is -0.610. The van der Waals surface area contributed by atoms with Crippen molar-refractivity contribution in [1.82, 2.24) is 10.2 Å². The number of carbonyl (C=O) groups is 1. The van der Waals surface area contributed by atoms with Crippen LogP contribution < -0.4 is 5.32 Å². The molecule has 1 fully saturated rings. The SMILES string of the molecule is CNC1CCN(C(=O)COC(C)(C)C)CC1. The summed E-state index contributed by atoms with van der Waals surface area (Å²) in [5.74, 6) is 0.115. The Morgan fingerprint density at radius 3 is 2.38 bits per heavy atom.